The molecule has 4 nitrogen and oxygen atoms in total. The van der Waals surface area contributed by atoms with E-state index in [1.165, 1.54) is 0 Å². The number of hydrogen-bond donors (Lipinski definition) is 2. The maximum absolute atomic E-state index is 11.4. The van der Waals surface area contributed by atoms with Gasteiger partial charge in [0, 0.05) is 25.0 Å². The fraction of sp³-hybridized carbons (Fsp3) is 0.500. The second-order valence-electron chi connectivity index (χ2n) is 3.84. The first-order valence-electron chi connectivity index (χ1n) is 5.61. The molecular weight excluding hydrogens is 234 g/mol. The van der Waals surface area contributed by atoms with Crippen LogP contribution in [0, 0.1) is 0 Å². The Morgan fingerprint density at radius 3 is 3.00 bits per heavy atom. The van der Waals surface area contributed by atoms with Crippen molar-refractivity contribution < 1.29 is 4.79 Å². The number of nitrogens with one attached hydrogen (secondary N) is 2. The molecule has 0 saturated carbocycles. The van der Waals surface area contributed by atoms with Crippen LogP contribution in [-0.4, -0.2) is 36.0 Å². The van der Waals surface area contributed by atoms with Gasteiger partial charge in [0.25, 0.3) is 5.91 Å². The van der Waals surface area contributed by atoms with Crippen molar-refractivity contribution in [2.75, 3.05) is 24.4 Å². The van der Waals surface area contributed by atoms with Gasteiger partial charge in [-0.1, -0.05) is 0 Å². The molecule has 1 aromatic heterocycles. The molecule has 5 heteroatoms. The highest BCUT2D eigenvalue weighted by Gasteiger charge is 2.07. The van der Waals surface area contributed by atoms with E-state index in [1.54, 1.807) is 19.3 Å². The van der Waals surface area contributed by atoms with E-state index in [0.717, 1.165) is 17.9 Å². The molecule has 1 aromatic rings. The monoisotopic (exact) mass is 253 g/mol. The molecule has 1 unspecified atom stereocenters. The third kappa shape index (κ3) is 4.65. The molecule has 0 fully saturated rings. The summed E-state index contributed by atoms with van der Waals surface area (Å²) in [5.74, 6) is 0.965. The van der Waals surface area contributed by atoms with Gasteiger partial charge in [-0.25, -0.2) is 0 Å². The molecular formula is C12H19N3OS. The normalized spacial score (nSPS) is 11.9. The second-order valence-corrected chi connectivity index (χ2v) is 4.82. The molecule has 0 aromatic carbocycles. The molecule has 0 bridgehead atoms. The van der Waals surface area contributed by atoms with Gasteiger partial charge in [0.05, 0.1) is 0 Å². The van der Waals surface area contributed by atoms with Crippen LogP contribution in [0.25, 0.3) is 0 Å². The molecule has 0 radical (unpaired) electrons. The summed E-state index contributed by atoms with van der Waals surface area (Å²) in [4.78, 5) is 15.4. The SMILES string of the molecule is CNC(=O)c1cc(NC(C)CCSC)ccn1. The number of carbonyl (C=O) groups excluding carboxylic acids is 1. The van der Waals surface area contributed by atoms with Crippen LogP contribution >= 0.6 is 11.8 Å². The lowest BCUT2D eigenvalue weighted by Crippen LogP contribution is -2.20. The standard InChI is InChI=1S/C12H19N3OS/c1-9(5-7-17-3)15-10-4-6-14-11(8-10)12(16)13-2/h4,6,8-9H,5,7H2,1-3H3,(H,13,16)(H,14,15). The Kier molecular flexibility index (Phi) is 5.83. The average molecular weight is 253 g/mol. The first-order valence-corrected chi connectivity index (χ1v) is 7.00. The summed E-state index contributed by atoms with van der Waals surface area (Å²) in [7, 11) is 1.60. The zero-order chi connectivity index (χ0) is 12.7. The summed E-state index contributed by atoms with van der Waals surface area (Å²) < 4.78 is 0. The van der Waals surface area contributed by atoms with E-state index in [4.69, 9.17) is 0 Å². The Morgan fingerprint density at radius 1 is 1.59 bits per heavy atom. The zero-order valence-corrected chi connectivity index (χ0v) is 11.3. The number of nitrogens with zero attached hydrogens (tertiary/aromatic N) is 1. The van der Waals surface area contributed by atoms with Gasteiger partial charge in [0.2, 0.25) is 0 Å². The van der Waals surface area contributed by atoms with Crippen LogP contribution in [0.3, 0.4) is 0 Å². The van der Waals surface area contributed by atoms with Crippen molar-refractivity contribution in [2.45, 2.75) is 19.4 Å². The van der Waals surface area contributed by atoms with E-state index in [9.17, 15) is 4.79 Å². The minimum Gasteiger partial charge on any atom is -0.382 e. The number of hydrogen-bond acceptors (Lipinski definition) is 4. The summed E-state index contributed by atoms with van der Waals surface area (Å²) in [6.07, 6.45) is 4.84. The third-order valence-corrected chi connectivity index (χ3v) is 3.03. The lowest BCUT2D eigenvalue weighted by atomic mass is 10.2. The zero-order valence-electron chi connectivity index (χ0n) is 10.5. The van der Waals surface area contributed by atoms with E-state index >= 15 is 0 Å². The highest BCUT2D eigenvalue weighted by atomic mass is 32.2. The number of rotatable bonds is 6. The van der Waals surface area contributed by atoms with Crippen LogP contribution in [0.4, 0.5) is 5.69 Å². The maximum atomic E-state index is 11.4. The lowest BCUT2D eigenvalue weighted by molar-refractivity contribution is 0.0958. The first-order chi connectivity index (χ1) is 8.17. The summed E-state index contributed by atoms with van der Waals surface area (Å²) in [5, 5.41) is 5.93. The Bertz CT molecular complexity index is 371. The van der Waals surface area contributed by atoms with Crippen molar-refractivity contribution >= 4 is 23.4 Å². The molecule has 1 amide bonds. The van der Waals surface area contributed by atoms with Gasteiger partial charge in [-0.3, -0.25) is 9.78 Å². The predicted octanol–water partition coefficient (Wildman–Crippen LogP) is 1.99. The molecule has 0 aliphatic heterocycles. The predicted molar refractivity (Wildman–Crippen MR) is 73.7 cm³/mol. The summed E-state index contributed by atoms with van der Waals surface area (Å²) in [6.45, 7) is 2.14. The number of anilines is 1. The quantitative estimate of drug-likeness (QED) is 0.814. The summed E-state index contributed by atoms with van der Waals surface area (Å²) in [5.41, 5.74) is 1.38. The van der Waals surface area contributed by atoms with Gasteiger partial charge in [-0.15, -0.1) is 0 Å². The topological polar surface area (TPSA) is 54.0 Å². The minimum absolute atomic E-state index is 0.162. The fourth-order valence-electron chi connectivity index (χ4n) is 1.42. The van der Waals surface area contributed by atoms with Crippen LogP contribution in [0.15, 0.2) is 18.3 Å². The van der Waals surface area contributed by atoms with E-state index in [0.29, 0.717) is 11.7 Å². The van der Waals surface area contributed by atoms with Gasteiger partial charge >= 0.3 is 0 Å². The third-order valence-electron chi connectivity index (χ3n) is 2.39. The molecule has 17 heavy (non-hydrogen) atoms. The van der Waals surface area contributed by atoms with Crippen molar-refractivity contribution in [3.05, 3.63) is 24.0 Å². The van der Waals surface area contributed by atoms with E-state index in [2.05, 4.69) is 28.8 Å². The Labute approximate surface area is 107 Å². The number of amides is 1. The van der Waals surface area contributed by atoms with Gasteiger partial charge in [0.15, 0.2) is 0 Å². The van der Waals surface area contributed by atoms with Crippen molar-refractivity contribution in [2.24, 2.45) is 0 Å². The van der Waals surface area contributed by atoms with Crippen LogP contribution in [0.2, 0.25) is 0 Å². The lowest BCUT2D eigenvalue weighted by Gasteiger charge is -2.14. The van der Waals surface area contributed by atoms with Crippen molar-refractivity contribution in [3.63, 3.8) is 0 Å². The van der Waals surface area contributed by atoms with E-state index in [1.807, 2.05) is 17.8 Å². The summed E-state index contributed by atoms with van der Waals surface area (Å²) >= 11 is 1.84. The number of thioether (sulfide) groups is 1. The minimum atomic E-state index is -0.162. The molecule has 1 atom stereocenters. The molecule has 0 spiro atoms. The average Bonchev–Trinajstić information content (AvgIpc) is 2.35. The van der Waals surface area contributed by atoms with Gasteiger partial charge < -0.3 is 10.6 Å². The van der Waals surface area contributed by atoms with Gasteiger partial charge in [0.1, 0.15) is 5.69 Å². The van der Waals surface area contributed by atoms with Crippen LogP contribution in [-0.2, 0) is 0 Å². The molecule has 0 aliphatic rings. The van der Waals surface area contributed by atoms with Crippen molar-refractivity contribution in [1.29, 1.82) is 0 Å². The number of carbonyl (C=O) groups is 1. The molecule has 0 saturated heterocycles. The highest BCUT2D eigenvalue weighted by Crippen LogP contribution is 2.11. The number of aromatic nitrogens is 1. The smallest absolute Gasteiger partial charge is 0.269 e. The molecule has 2 N–H and O–H groups in total. The van der Waals surface area contributed by atoms with Crippen LogP contribution in [0.5, 0.6) is 0 Å². The Balaban J connectivity index is 2.62. The molecule has 1 heterocycles. The van der Waals surface area contributed by atoms with Gasteiger partial charge in [-0.05, 0) is 37.5 Å². The van der Waals surface area contributed by atoms with Gasteiger partial charge in [-0.2, -0.15) is 11.8 Å². The highest BCUT2D eigenvalue weighted by molar-refractivity contribution is 7.98. The molecule has 0 aliphatic carbocycles. The van der Waals surface area contributed by atoms with E-state index in [-0.39, 0.29) is 5.91 Å². The molecule has 94 valence electrons. The van der Waals surface area contributed by atoms with Crippen molar-refractivity contribution in [3.8, 4) is 0 Å². The van der Waals surface area contributed by atoms with Crippen LogP contribution < -0.4 is 10.6 Å². The maximum Gasteiger partial charge on any atom is 0.269 e. The first kappa shape index (κ1) is 13.8. The molecule has 1 rings (SSSR count). The largest absolute Gasteiger partial charge is 0.382 e. The van der Waals surface area contributed by atoms with E-state index < -0.39 is 0 Å². The summed E-state index contributed by atoms with van der Waals surface area (Å²) in [6, 6.07) is 4.04. The second kappa shape index (κ2) is 7.17. The Hall–Kier alpha value is -1.23. The number of pyridine rings is 1. The van der Waals surface area contributed by atoms with Crippen molar-refractivity contribution in [1.82, 2.24) is 10.3 Å². The van der Waals surface area contributed by atoms with Crippen LogP contribution in [0.1, 0.15) is 23.8 Å². The Morgan fingerprint density at radius 2 is 2.35 bits per heavy atom. The fourth-order valence-corrected chi connectivity index (χ4v) is 2.01.